The minimum Gasteiger partial charge on any atom is -0.452 e. The molecule has 1 saturated heterocycles. The molecule has 8 heteroatoms. The van der Waals surface area contributed by atoms with Crippen LogP contribution in [0.3, 0.4) is 0 Å². The molecule has 0 radical (unpaired) electrons. The van der Waals surface area contributed by atoms with Crippen LogP contribution in [0.15, 0.2) is 42.5 Å². The Bertz CT molecular complexity index is 959. The molecule has 2 aromatic rings. The fraction of sp³-hybridized carbons (Fsp3) is 0.318. The van der Waals surface area contributed by atoms with E-state index in [1.807, 2.05) is 31.2 Å². The number of ether oxygens (including phenoxy) is 1. The number of amides is 2. The second-order valence-corrected chi connectivity index (χ2v) is 7.05. The summed E-state index contributed by atoms with van der Waals surface area (Å²) in [4.78, 5) is 38.7. The first-order valence-electron chi connectivity index (χ1n) is 9.65. The van der Waals surface area contributed by atoms with Gasteiger partial charge in [0.2, 0.25) is 5.91 Å². The number of nitrogens with one attached hydrogen (secondary N) is 1. The monoisotopic (exact) mass is 416 g/mol. The van der Waals surface area contributed by atoms with E-state index in [1.54, 1.807) is 4.90 Å². The van der Waals surface area contributed by atoms with Crippen molar-refractivity contribution >= 4 is 29.2 Å². The number of anilines is 2. The van der Waals surface area contributed by atoms with Crippen molar-refractivity contribution in [2.45, 2.75) is 32.8 Å². The van der Waals surface area contributed by atoms with Crippen LogP contribution in [-0.4, -0.2) is 30.4 Å². The van der Waals surface area contributed by atoms with Crippen LogP contribution in [0.25, 0.3) is 0 Å². The maximum atomic E-state index is 13.7. The predicted molar refractivity (Wildman–Crippen MR) is 107 cm³/mol. The van der Waals surface area contributed by atoms with Crippen molar-refractivity contribution in [3.05, 3.63) is 59.7 Å². The van der Waals surface area contributed by atoms with Crippen LogP contribution < -0.4 is 10.2 Å². The van der Waals surface area contributed by atoms with Crippen molar-refractivity contribution in [2.24, 2.45) is 5.92 Å². The molecule has 1 aliphatic rings. The summed E-state index contributed by atoms with van der Waals surface area (Å²) in [5.41, 5.74) is 1.13. The van der Waals surface area contributed by atoms with Crippen LogP contribution in [-0.2, 0) is 25.5 Å². The molecule has 1 N–H and O–H groups in total. The Morgan fingerprint density at radius 2 is 1.83 bits per heavy atom. The Labute approximate surface area is 172 Å². The second-order valence-electron chi connectivity index (χ2n) is 7.05. The van der Waals surface area contributed by atoms with Gasteiger partial charge in [0.15, 0.2) is 6.10 Å². The minimum absolute atomic E-state index is 0.0346. The number of para-hydroxylation sites is 2. The molecule has 2 amide bonds. The minimum atomic E-state index is -1.29. The molecule has 1 aliphatic heterocycles. The van der Waals surface area contributed by atoms with E-state index in [4.69, 9.17) is 4.74 Å². The van der Waals surface area contributed by atoms with Gasteiger partial charge in [0.05, 0.1) is 5.92 Å². The van der Waals surface area contributed by atoms with Crippen LogP contribution in [0.1, 0.15) is 25.8 Å². The van der Waals surface area contributed by atoms with Crippen LogP contribution in [0.2, 0.25) is 0 Å². The predicted octanol–water partition coefficient (Wildman–Crippen LogP) is 3.45. The number of rotatable bonds is 6. The van der Waals surface area contributed by atoms with Crippen LogP contribution >= 0.6 is 0 Å². The highest BCUT2D eigenvalue weighted by molar-refractivity contribution is 6.01. The molecular formula is C22H22F2N2O4. The van der Waals surface area contributed by atoms with Crippen molar-refractivity contribution in [1.29, 1.82) is 0 Å². The summed E-state index contributed by atoms with van der Waals surface area (Å²) in [7, 11) is 0. The molecular weight excluding hydrogens is 394 g/mol. The Morgan fingerprint density at radius 3 is 2.50 bits per heavy atom. The van der Waals surface area contributed by atoms with Crippen LogP contribution in [0.4, 0.5) is 20.2 Å². The third-order valence-corrected chi connectivity index (χ3v) is 4.99. The zero-order valence-corrected chi connectivity index (χ0v) is 16.7. The molecule has 0 aliphatic carbocycles. The Morgan fingerprint density at radius 1 is 1.17 bits per heavy atom. The summed E-state index contributed by atoms with van der Waals surface area (Å²) in [6.07, 6.45) is -0.588. The van der Waals surface area contributed by atoms with E-state index in [9.17, 15) is 23.2 Å². The van der Waals surface area contributed by atoms with Crippen LogP contribution in [0, 0.1) is 17.6 Å². The summed E-state index contributed by atoms with van der Waals surface area (Å²) in [6.45, 7) is 3.42. The molecule has 1 fully saturated rings. The van der Waals surface area contributed by atoms with E-state index >= 15 is 0 Å². The first-order chi connectivity index (χ1) is 14.3. The Hall–Kier alpha value is -3.29. The van der Waals surface area contributed by atoms with Gasteiger partial charge in [-0.2, -0.15) is 0 Å². The van der Waals surface area contributed by atoms with Gasteiger partial charge in [-0.15, -0.1) is 0 Å². The molecule has 0 saturated carbocycles. The summed E-state index contributed by atoms with van der Waals surface area (Å²) in [5.74, 6) is -4.39. The third kappa shape index (κ3) is 4.48. The number of hydrogen-bond acceptors (Lipinski definition) is 4. The van der Waals surface area contributed by atoms with Crippen molar-refractivity contribution in [1.82, 2.24) is 0 Å². The van der Waals surface area contributed by atoms with Crippen molar-refractivity contribution in [3.8, 4) is 0 Å². The molecule has 3 rings (SSSR count). The molecule has 1 heterocycles. The zero-order chi connectivity index (χ0) is 21.8. The van der Waals surface area contributed by atoms with Gasteiger partial charge in [-0.05, 0) is 37.1 Å². The number of nitrogens with zero attached hydrogens (tertiary/aromatic N) is 1. The van der Waals surface area contributed by atoms with Crippen molar-refractivity contribution in [2.75, 3.05) is 16.8 Å². The average Bonchev–Trinajstić information content (AvgIpc) is 3.12. The summed E-state index contributed by atoms with van der Waals surface area (Å²) >= 11 is 0. The number of carbonyl (C=O) groups is 3. The van der Waals surface area contributed by atoms with Gasteiger partial charge < -0.3 is 15.0 Å². The topological polar surface area (TPSA) is 75.7 Å². The third-order valence-electron chi connectivity index (χ3n) is 4.99. The largest absolute Gasteiger partial charge is 0.452 e. The quantitative estimate of drug-likeness (QED) is 0.732. The van der Waals surface area contributed by atoms with Gasteiger partial charge >= 0.3 is 5.97 Å². The fourth-order valence-electron chi connectivity index (χ4n) is 3.34. The molecule has 6 nitrogen and oxygen atoms in total. The number of aryl methyl sites for hydroxylation is 1. The van der Waals surface area contributed by atoms with E-state index in [0.717, 1.165) is 29.8 Å². The van der Waals surface area contributed by atoms with Gasteiger partial charge in [-0.3, -0.25) is 14.4 Å². The van der Waals surface area contributed by atoms with Gasteiger partial charge in [0, 0.05) is 18.7 Å². The normalized spacial score (nSPS) is 17.0. The maximum absolute atomic E-state index is 13.7. The summed E-state index contributed by atoms with van der Waals surface area (Å²) in [5, 5.41) is 2.09. The second kappa shape index (κ2) is 9.02. The number of hydrogen-bond donors (Lipinski definition) is 1. The van der Waals surface area contributed by atoms with Crippen molar-refractivity contribution < 1.29 is 27.9 Å². The standard InChI is InChI=1S/C22H22F2N2O4/c1-3-14-7-4-5-10-18(14)26-12-15(11-19(26)27)22(29)30-13(2)21(28)25-20-16(23)8-6-9-17(20)24/h4-10,13,15H,3,11-12H2,1-2H3,(H,25,28)/t13-,15+/m1/s1. The van der Waals surface area contributed by atoms with E-state index in [1.165, 1.54) is 13.0 Å². The Balaban J connectivity index is 1.63. The summed E-state index contributed by atoms with van der Waals surface area (Å²) < 4.78 is 32.5. The maximum Gasteiger partial charge on any atom is 0.312 e. The number of benzene rings is 2. The fourth-order valence-corrected chi connectivity index (χ4v) is 3.34. The number of carbonyl (C=O) groups excluding carboxylic acids is 3. The van der Waals surface area contributed by atoms with Crippen molar-refractivity contribution in [3.63, 3.8) is 0 Å². The lowest BCUT2D eigenvalue weighted by molar-refractivity contribution is -0.157. The Kier molecular flexibility index (Phi) is 6.44. The highest BCUT2D eigenvalue weighted by Gasteiger charge is 2.38. The van der Waals surface area contributed by atoms with E-state index < -0.39 is 41.2 Å². The van der Waals surface area contributed by atoms with Gasteiger partial charge in [0.1, 0.15) is 17.3 Å². The first-order valence-corrected chi connectivity index (χ1v) is 9.65. The molecule has 2 atom stereocenters. The highest BCUT2D eigenvalue weighted by Crippen LogP contribution is 2.29. The van der Waals surface area contributed by atoms with Gasteiger partial charge in [0.25, 0.3) is 5.91 Å². The van der Waals surface area contributed by atoms with Gasteiger partial charge in [-0.1, -0.05) is 31.2 Å². The van der Waals surface area contributed by atoms with Gasteiger partial charge in [-0.25, -0.2) is 8.78 Å². The molecule has 0 bridgehead atoms. The number of esters is 1. The number of halogens is 2. The molecule has 0 unspecified atom stereocenters. The highest BCUT2D eigenvalue weighted by atomic mass is 19.1. The smallest absolute Gasteiger partial charge is 0.312 e. The molecule has 0 aromatic heterocycles. The van der Waals surface area contributed by atoms with E-state index in [0.29, 0.717) is 0 Å². The van der Waals surface area contributed by atoms with E-state index in [2.05, 4.69) is 5.32 Å². The van der Waals surface area contributed by atoms with E-state index in [-0.39, 0.29) is 18.9 Å². The molecule has 158 valence electrons. The van der Waals surface area contributed by atoms with Crippen LogP contribution in [0.5, 0.6) is 0 Å². The average molecular weight is 416 g/mol. The first kappa shape index (κ1) is 21.4. The lowest BCUT2D eigenvalue weighted by atomic mass is 10.1. The zero-order valence-electron chi connectivity index (χ0n) is 16.7. The molecule has 2 aromatic carbocycles. The molecule has 30 heavy (non-hydrogen) atoms. The SMILES string of the molecule is CCc1ccccc1N1C[C@@H](C(=O)O[C@H](C)C(=O)Nc2c(F)cccc2F)CC1=O. The summed E-state index contributed by atoms with van der Waals surface area (Å²) in [6, 6.07) is 10.6. The lowest BCUT2D eigenvalue weighted by Crippen LogP contribution is -2.33. The lowest BCUT2D eigenvalue weighted by Gasteiger charge is -2.20. The molecule has 0 spiro atoms.